The molecule has 0 heterocycles. The monoisotopic (exact) mass is 176 g/mol. The zero-order valence-electron chi connectivity index (χ0n) is 8.41. The van der Waals surface area contributed by atoms with Gasteiger partial charge in [-0.05, 0) is 36.5 Å². The summed E-state index contributed by atoms with van der Waals surface area (Å²) in [7, 11) is 0. The minimum Gasteiger partial charge on any atom is -0.0848 e. The van der Waals surface area contributed by atoms with Crippen LogP contribution in [-0.2, 0) is 0 Å². The van der Waals surface area contributed by atoms with Gasteiger partial charge >= 0.3 is 0 Å². The van der Waals surface area contributed by atoms with Crippen LogP contribution in [0.25, 0.3) is 0 Å². The quantitative estimate of drug-likeness (QED) is 0.533. The van der Waals surface area contributed by atoms with Crippen molar-refractivity contribution in [2.75, 3.05) is 0 Å². The summed E-state index contributed by atoms with van der Waals surface area (Å²) in [6.07, 6.45) is 15.7. The first-order valence-corrected chi connectivity index (χ1v) is 6.13. The highest BCUT2D eigenvalue weighted by Crippen LogP contribution is 2.49. The second-order valence-electron chi connectivity index (χ2n) is 5.27. The van der Waals surface area contributed by atoms with E-state index < -0.39 is 0 Å². The topological polar surface area (TPSA) is 0 Å². The van der Waals surface area contributed by atoms with Gasteiger partial charge in [0, 0.05) is 0 Å². The number of fused-ring (bicyclic) bond motifs is 2. The zero-order valence-corrected chi connectivity index (χ0v) is 8.41. The van der Waals surface area contributed by atoms with E-state index in [2.05, 4.69) is 12.2 Å². The summed E-state index contributed by atoms with van der Waals surface area (Å²) < 4.78 is 0. The number of hydrogen-bond acceptors (Lipinski definition) is 0. The van der Waals surface area contributed by atoms with Gasteiger partial charge in [-0.15, -0.1) is 0 Å². The Kier molecular flexibility index (Phi) is 1.96. The highest BCUT2D eigenvalue weighted by molar-refractivity contribution is 5.10. The van der Waals surface area contributed by atoms with Crippen LogP contribution in [0.2, 0.25) is 0 Å². The van der Waals surface area contributed by atoms with Crippen molar-refractivity contribution in [1.82, 2.24) is 0 Å². The third-order valence-electron chi connectivity index (χ3n) is 4.61. The van der Waals surface area contributed by atoms with E-state index in [1.165, 1.54) is 32.1 Å². The smallest absolute Gasteiger partial charge is 0.0197 e. The van der Waals surface area contributed by atoms with Crippen molar-refractivity contribution in [1.29, 1.82) is 0 Å². The van der Waals surface area contributed by atoms with Gasteiger partial charge in [0.1, 0.15) is 0 Å². The van der Waals surface area contributed by atoms with Crippen LogP contribution in [0, 0.1) is 23.7 Å². The predicted octanol–water partition coefficient (Wildman–Crippen LogP) is 3.78. The first-order chi connectivity index (χ1) is 6.45. The fourth-order valence-corrected chi connectivity index (χ4v) is 4.07. The van der Waals surface area contributed by atoms with Crippen molar-refractivity contribution in [3.63, 3.8) is 0 Å². The van der Waals surface area contributed by atoms with Crippen molar-refractivity contribution in [2.45, 2.75) is 44.9 Å². The molecule has 0 spiro atoms. The van der Waals surface area contributed by atoms with Crippen molar-refractivity contribution in [2.24, 2.45) is 23.7 Å². The lowest BCUT2D eigenvalue weighted by Crippen LogP contribution is -2.27. The molecular formula is C13H20. The summed E-state index contributed by atoms with van der Waals surface area (Å²) in [6.45, 7) is 0. The molecule has 72 valence electrons. The van der Waals surface area contributed by atoms with Crippen molar-refractivity contribution in [3.05, 3.63) is 12.2 Å². The van der Waals surface area contributed by atoms with Crippen molar-refractivity contribution >= 4 is 0 Å². The minimum absolute atomic E-state index is 0.988. The molecule has 0 amide bonds. The van der Waals surface area contributed by atoms with E-state index in [-0.39, 0.29) is 0 Å². The third kappa shape index (κ3) is 1.26. The minimum atomic E-state index is 0.988. The van der Waals surface area contributed by atoms with E-state index >= 15 is 0 Å². The molecule has 0 radical (unpaired) electrons. The molecule has 0 aliphatic heterocycles. The van der Waals surface area contributed by atoms with Gasteiger partial charge < -0.3 is 0 Å². The third-order valence-corrected chi connectivity index (χ3v) is 4.61. The second-order valence-corrected chi connectivity index (χ2v) is 5.27. The molecule has 3 aliphatic rings. The molecule has 2 bridgehead atoms. The Morgan fingerprint density at radius 3 is 1.92 bits per heavy atom. The SMILES string of the molecule is C1=C[C@H]2CCC[C@@H]1C2C1CCCC1. The number of rotatable bonds is 1. The van der Waals surface area contributed by atoms with E-state index in [9.17, 15) is 0 Å². The summed E-state index contributed by atoms with van der Waals surface area (Å²) in [6, 6.07) is 0. The molecule has 0 aromatic carbocycles. The number of hydrogen-bond donors (Lipinski definition) is 0. The molecule has 0 heteroatoms. The average Bonchev–Trinajstić information content (AvgIpc) is 2.72. The summed E-state index contributed by atoms with van der Waals surface area (Å²) in [5.74, 6) is 4.16. The molecule has 0 N–H and O–H groups in total. The van der Waals surface area contributed by atoms with Crippen molar-refractivity contribution < 1.29 is 0 Å². The Morgan fingerprint density at radius 1 is 0.692 bits per heavy atom. The van der Waals surface area contributed by atoms with Gasteiger partial charge in [0.05, 0.1) is 0 Å². The maximum absolute atomic E-state index is 2.54. The maximum atomic E-state index is 2.54. The van der Waals surface area contributed by atoms with Crippen LogP contribution < -0.4 is 0 Å². The lowest BCUT2D eigenvalue weighted by molar-refractivity contribution is 0.168. The van der Waals surface area contributed by atoms with Crippen molar-refractivity contribution in [3.8, 4) is 0 Å². The van der Waals surface area contributed by atoms with Gasteiger partial charge in [0.15, 0.2) is 0 Å². The molecule has 0 saturated heterocycles. The van der Waals surface area contributed by atoms with Crippen LogP contribution in [-0.4, -0.2) is 0 Å². The molecule has 3 rings (SSSR count). The lowest BCUT2D eigenvalue weighted by Gasteiger charge is -2.34. The lowest BCUT2D eigenvalue weighted by atomic mass is 9.70. The second kappa shape index (κ2) is 3.15. The molecular weight excluding hydrogens is 156 g/mol. The largest absolute Gasteiger partial charge is 0.0848 e. The molecule has 2 saturated carbocycles. The standard InChI is InChI=1S/C13H20/c1-2-5-10(4-1)13-11-6-3-7-12(13)9-8-11/h8-13H,1-7H2/t11-,12+,13?. The molecule has 0 nitrogen and oxygen atoms in total. The molecule has 2 fully saturated rings. The fraction of sp³-hybridized carbons (Fsp3) is 0.846. The predicted molar refractivity (Wildman–Crippen MR) is 55.4 cm³/mol. The van der Waals surface area contributed by atoms with E-state index in [1.54, 1.807) is 12.8 Å². The van der Waals surface area contributed by atoms with E-state index in [4.69, 9.17) is 0 Å². The Morgan fingerprint density at radius 2 is 1.31 bits per heavy atom. The Balaban J connectivity index is 1.77. The van der Waals surface area contributed by atoms with Gasteiger partial charge in [-0.25, -0.2) is 0 Å². The van der Waals surface area contributed by atoms with Crippen LogP contribution in [0.3, 0.4) is 0 Å². The van der Waals surface area contributed by atoms with E-state index in [0.29, 0.717) is 0 Å². The molecule has 1 unspecified atom stereocenters. The number of allylic oxidation sites excluding steroid dienone is 2. The Hall–Kier alpha value is -0.260. The molecule has 0 aromatic rings. The first-order valence-electron chi connectivity index (χ1n) is 6.13. The van der Waals surface area contributed by atoms with E-state index in [1.807, 2.05) is 0 Å². The Labute approximate surface area is 81.4 Å². The van der Waals surface area contributed by atoms with Crippen LogP contribution in [0.1, 0.15) is 44.9 Å². The molecule has 13 heavy (non-hydrogen) atoms. The summed E-state index contributed by atoms with van der Waals surface area (Å²) >= 11 is 0. The van der Waals surface area contributed by atoms with Gasteiger partial charge in [-0.2, -0.15) is 0 Å². The molecule has 3 aliphatic carbocycles. The van der Waals surface area contributed by atoms with Gasteiger partial charge in [-0.3, -0.25) is 0 Å². The highest BCUT2D eigenvalue weighted by atomic mass is 14.4. The van der Waals surface area contributed by atoms with Gasteiger partial charge in [-0.1, -0.05) is 44.3 Å². The highest BCUT2D eigenvalue weighted by Gasteiger charge is 2.40. The normalized spacial score (nSPS) is 44.5. The van der Waals surface area contributed by atoms with Gasteiger partial charge in [0.2, 0.25) is 0 Å². The zero-order chi connectivity index (χ0) is 8.67. The van der Waals surface area contributed by atoms with E-state index in [0.717, 1.165) is 23.7 Å². The molecule has 3 atom stereocenters. The average molecular weight is 176 g/mol. The molecule has 0 aromatic heterocycles. The summed E-state index contributed by atoms with van der Waals surface area (Å²) in [5, 5.41) is 0. The Bertz CT molecular complexity index is 196. The first kappa shape index (κ1) is 8.08. The van der Waals surface area contributed by atoms with Crippen LogP contribution in [0.15, 0.2) is 12.2 Å². The summed E-state index contributed by atoms with van der Waals surface area (Å²) in [5.41, 5.74) is 0. The fourth-order valence-electron chi connectivity index (χ4n) is 4.07. The van der Waals surface area contributed by atoms with Gasteiger partial charge in [0.25, 0.3) is 0 Å². The maximum Gasteiger partial charge on any atom is -0.0197 e. The van der Waals surface area contributed by atoms with Crippen LogP contribution in [0.5, 0.6) is 0 Å². The van der Waals surface area contributed by atoms with Crippen LogP contribution >= 0.6 is 0 Å². The van der Waals surface area contributed by atoms with Crippen LogP contribution in [0.4, 0.5) is 0 Å². The summed E-state index contributed by atoms with van der Waals surface area (Å²) in [4.78, 5) is 0.